The molecule has 0 saturated heterocycles. The fraction of sp³-hybridized carbons (Fsp3) is 0.450. The van der Waals surface area contributed by atoms with Crippen LogP contribution >= 0.6 is 0 Å². The average Bonchev–Trinajstić information content (AvgIpc) is 2.69. The summed E-state index contributed by atoms with van der Waals surface area (Å²) < 4.78 is 11.6. The molecule has 0 heterocycles. The van der Waals surface area contributed by atoms with Crippen LogP contribution in [0.15, 0.2) is 48.6 Å². The number of rotatable bonds is 9. The summed E-state index contributed by atoms with van der Waals surface area (Å²) in [6, 6.07) is 8.94. The molecule has 2 unspecified atom stereocenters. The zero-order valence-electron chi connectivity index (χ0n) is 15.9. The molecule has 0 spiro atoms. The van der Waals surface area contributed by atoms with Crippen molar-refractivity contribution in [2.24, 2.45) is 5.92 Å². The molecular weight excluding hydrogens is 348 g/mol. The minimum atomic E-state index is -0.988. The molecule has 0 aromatic heterocycles. The number of carbonyl (C=O) groups is 1. The van der Waals surface area contributed by atoms with Gasteiger partial charge in [-0.3, -0.25) is 10.0 Å². The normalized spacial score (nSPS) is 24.2. The van der Waals surface area contributed by atoms with Gasteiger partial charge in [-0.1, -0.05) is 42.5 Å². The van der Waals surface area contributed by atoms with Gasteiger partial charge in [-0.2, -0.15) is 0 Å². The molecule has 1 aromatic rings. The summed E-state index contributed by atoms with van der Waals surface area (Å²) in [7, 11) is 1.57. The van der Waals surface area contributed by atoms with Crippen molar-refractivity contribution in [1.82, 2.24) is 10.8 Å². The van der Waals surface area contributed by atoms with Crippen LogP contribution in [0.25, 0.3) is 5.57 Å². The number of ether oxygens (including phenoxy) is 2. The van der Waals surface area contributed by atoms with Crippen LogP contribution in [0.5, 0.6) is 0 Å². The number of allylic oxidation sites excluding steroid dienone is 2. The molecule has 0 fully saturated rings. The van der Waals surface area contributed by atoms with Crippen LogP contribution < -0.4 is 10.8 Å². The van der Waals surface area contributed by atoms with Gasteiger partial charge < -0.3 is 19.9 Å². The number of methoxy groups -OCH3 is 1. The van der Waals surface area contributed by atoms with Crippen molar-refractivity contribution in [3.8, 4) is 0 Å². The molecule has 2 rings (SSSR count). The highest BCUT2D eigenvalue weighted by Crippen LogP contribution is 2.34. The molecule has 1 aliphatic carbocycles. The Balaban J connectivity index is 2.28. The predicted molar refractivity (Wildman–Crippen MR) is 102 cm³/mol. The first kappa shape index (κ1) is 21.3. The van der Waals surface area contributed by atoms with E-state index in [4.69, 9.17) is 14.7 Å². The smallest absolute Gasteiger partial charge is 0.263 e. The molecule has 148 valence electrons. The Labute approximate surface area is 159 Å². The van der Waals surface area contributed by atoms with Crippen molar-refractivity contribution in [3.05, 3.63) is 54.1 Å². The molecule has 1 aliphatic rings. The van der Waals surface area contributed by atoms with Gasteiger partial charge >= 0.3 is 0 Å². The van der Waals surface area contributed by atoms with Crippen LogP contribution in [0, 0.1) is 5.92 Å². The van der Waals surface area contributed by atoms with Crippen molar-refractivity contribution in [3.63, 3.8) is 0 Å². The first-order valence-corrected chi connectivity index (χ1v) is 8.98. The molecule has 7 nitrogen and oxygen atoms in total. The molecule has 0 bridgehead atoms. The molecule has 7 heteroatoms. The maximum absolute atomic E-state index is 11.8. The van der Waals surface area contributed by atoms with E-state index in [2.05, 4.69) is 5.32 Å². The van der Waals surface area contributed by atoms with Crippen molar-refractivity contribution in [1.29, 1.82) is 0 Å². The monoisotopic (exact) mass is 376 g/mol. The van der Waals surface area contributed by atoms with Gasteiger partial charge in [0, 0.05) is 26.2 Å². The van der Waals surface area contributed by atoms with Gasteiger partial charge in [0.2, 0.25) is 0 Å². The van der Waals surface area contributed by atoms with Gasteiger partial charge in [0.1, 0.15) is 6.04 Å². The zero-order chi connectivity index (χ0) is 19.9. The summed E-state index contributed by atoms with van der Waals surface area (Å²) in [6.07, 6.45) is 4.86. The van der Waals surface area contributed by atoms with Crippen LogP contribution in [0.4, 0.5) is 0 Å². The number of aliphatic hydroxyl groups is 1. The van der Waals surface area contributed by atoms with Gasteiger partial charge in [-0.15, -0.1) is 0 Å². The lowest BCUT2D eigenvalue weighted by atomic mass is 9.87. The fourth-order valence-corrected chi connectivity index (χ4v) is 3.21. The van der Waals surface area contributed by atoms with Crippen LogP contribution in [0.2, 0.25) is 0 Å². The minimum absolute atomic E-state index is 0.268. The number of benzene rings is 1. The number of carbonyl (C=O) groups excluding carboxylic acids is 1. The second kappa shape index (κ2) is 9.77. The molecule has 1 aromatic carbocycles. The Bertz CT molecular complexity index is 674. The Morgan fingerprint density at radius 2 is 2.04 bits per heavy atom. The summed E-state index contributed by atoms with van der Waals surface area (Å²) in [4.78, 5) is 11.8. The lowest BCUT2D eigenvalue weighted by molar-refractivity contribution is -0.208. The van der Waals surface area contributed by atoms with E-state index in [0.717, 1.165) is 11.1 Å². The second-order valence-corrected chi connectivity index (χ2v) is 6.39. The van der Waals surface area contributed by atoms with E-state index >= 15 is 0 Å². The summed E-state index contributed by atoms with van der Waals surface area (Å²) in [5.41, 5.74) is 3.64. The number of nitrogens with one attached hydrogen (secondary N) is 2. The number of hydrogen-bond acceptors (Lipinski definition) is 6. The number of aliphatic hydroxyl groups excluding tert-OH is 1. The molecule has 0 radical (unpaired) electrons. The predicted octanol–water partition coefficient (Wildman–Crippen LogP) is 1.48. The van der Waals surface area contributed by atoms with Gasteiger partial charge in [0.05, 0.1) is 6.10 Å². The Hall–Kier alpha value is -2.03. The highest BCUT2D eigenvalue weighted by atomic mass is 16.7. The second-order valence-electron chi connectivity index (χ2n) is 6.39. The quantitative estimate of drug-likeness (QED) is 0.296. The number of amides is 1. The molecule has 4 atom stereocenters. The standard InChI is InChI=1S/C20H28N2O5/c1-4-27-20(26-3)11-10-16(15-8-6-5-7-9-15)12-17(20)13-21-18(14(2)23)19(24)22-25/h5-12,14,17-18,21,23,25H,4,13H2,1-3H3,(H,22,24)/t14-,17?,18+,20?/m1/s1. The van der Waals surface area contributed by atoms with E-state index < -0.39 is 23.8 Å². The molecule has 4 N–H and O–H groups in total. The molecule has 1 amide bonds. The summed E-state index contributed by atoms with van der Waals surface area (Å²) in [5.74, 6) is -1.96. The van der Waals surface area contributed by atoms with Crippen molar-refractivity contribution < 1.29 is 24.6 Å². The fourth-order valence-electron chi connectivity index (χ4n) is 3.21. The molecular formula is C20H28N2O5. The minimum Gasteiger partial charge on any atom is -0.391 e. The third kappa shape index (κ3) is 5.03. The van der Waals surface area contributed by atoms with Crippen LogP contribution in [0.1, 0.15) is 19.4 Å². The van der Waals surface area contributed by atoms with E-state index in [1.165, 1.54) is 6.92 Å². The topological polar surface area (TPSA) is 100 Å². The van der Waals surface area contributed by atoms with E-state index in [1.807, 2.05) is 55.5 Å². The van der Waals surface area contributed by atoms with E-state index in [0.29, 0.717) is 6.61 Å². The lowest BCUT2D eigenvalue weighted by Gasteiger charge is -2.38. The van der Waals surface area contributed by atoms with Gasteiger partial charge in [-0.25, -0.2) is 5.48 Å². The summed E-state index contributed by atoms with van der Waals surface area (Å²) in [5, 5.41) is 21.7. The Kier molecular flexibility index (Phi) is 7.70. The van der Waals surface area contributed by atoms with Crippen molar-refractivity contribution in [2.45, 2.75) is 31.8 Å². The highest BCUT2D eigenvalue weighted by Gasteiger charge is 2.39. The first-order valence-electron chi connectivity index (χ1n) is 8.98. The maximum Gasteiger partial charge on any atom is 0.263 e. The third-order valence-electron chi connectivity index (χ3n) is 4.62. The van der Waals surface area contributed by atoms with Crippen LogP contribution in [0.3, 0.4) is 0 Å². The number of hydroxylamine groups is 1. The largest absolute Gasteiger partial charge is 0.391 e. The SMILES string of the molecule is CCOC1(OC)C=CC(c2ccccc2)=CC1CN[C@H](C(=O)NO)[C@@H](C)O. The first-order chi connectivity index (χ1) is 13.0. The third-order valence-corrected chi connectivity index (χ3v) is 4.62. The van der Waals surface area contributed by atoms with Gasteiger partial charge in [-0.05, 0) is 31.1 Å². The van der Waals surface area contributed by atoms with Crippen LogP contribution in [-0.4, -0.2) is 54.4 Å². The maximum atomic E-state index is 11.8. The van der Waals surface area contributed by atoms with Gasteiger partial charge in [0.25, 0.3) is 5.91 Å². The summed E-state index contributed by atoms with van der Waals surface area (Å²) in [6.45, 7) is 4.09. The highest BCUT2D eigenvalue weighted by molar-refractivity contribution is 5.81. The molecule has 0 saturated carbocycles. The zero-order valence-corrected chi connectivity index (χ0v) is 15.9. The average molecular weight is 376 g/mol. The summed E-state index contributed by atoms with van der Waals surface area (Å²) >= 11 is 0. The van der Waals surface area contributed by atoms with E-state index in [9.17, 15) is 9.90 Å². The Morgan fingerprint density at radius 1 is 1.33 bits per heavy atom. The van der Waals surface area contributed by atoms with E-state index in [-0.39, 0.29) is 12.5 Å². The number of hydrogen-bond donors (Lipinski definition) is 4. The van der Waals surface area contributed by atoms with Crippen LogP contribution in [-0.2, 0) is 14.3 Å². The van der Waals surface area contributed by atoms with Crippen molar-refractivity contribution >= 4 is 11.5 Å². The molecule has 27 heavy (non-hydrogen) atoms. The van der Waals surface area contributed by atoms with Gasteiger partial charge in [0.15, 0.2) is 5.79 Å². The molecule has 0 aliphatic heterocycles. The van der Waals surface area contributed by atoms with Crippen molar-refractivity contribution in [2.75, 3.05) is 20.3 Å². The van der Waals surface area contributed by atoms with E-state index in [1.54, 1.807) is 12.6 Å². The lowest BCUT2D eigenvalue weighted by Crippen LogP contribution is -2.54. The Morgan fingerprint density at radius 3 is 2.59 bits per heavy atom.